The van der Waals surface area contributed by atoms with Gasteiger partial charge in [-0.1, -0.05) is 18.2 Å². The van der Waals surface area contributed by atoms with E-state index in [0.29, 0.717) is 18.7 Å². The third kappa shape index (κ3) is 5.54. The number of hydrogen-bond donors (Lipinski definition) is 3. The summed E-state index contributed by atoms with van der Waals surface area (Å²) in [4.78, 5) is 15.2. The van der Waals surface area contributed by atoms with Gasteiger partial charge in [0.25, 0.3) is 5.91 Å². The second-order valence-corrected chi connectivity index (χ2v) is 2.93. The maximum absolute atomic E-state index is 11.5. The first-order chi connectivity index (χ1) is 7.20. The Morgan fingerprint density at radius 3 is 2.44 bits per heavy atom. The zero-order chi connectivity index (χ0) is 11.1. The fourth-order valence-electron chi connectivity index (χ4n) is 1.05. The number of benzene rings is 1. The van der Waals surface area contributed by atoms with Gasteiger partial charge in [0.1, 0.15) is 0 Å². The lowest BCUT2D eigenvalue weighted by Gasteiger charge is -2.02. The van der Waals surface area contributed by atoms with Crippen molar-refractivity contribution in [2.75, 3.05) is 13.1 Å². The molecule has 0 bridgehead atoms. The van der Waals surface area contributed by atoms with Crippen LogP contribution in [0.5, 0.6) is 0 Å². The predicted octanol–water partition coefficient (Wildman–Crippen LogP) is 0.308. The monoisotopic (exact) mass is 334 g/mol. The van der Waals surface area contributed by atoms with Crippen LogP contribution in [0, 0.1) is 0 Å². The van der Waals surface area contributed by atoms with E-state index in [-0.39, 0.29) is 35.8 Å². The van der Waals surface area contributed by atoms with Gasteiger partial charge in [0.15, 0.2) is 5.96 Å². The SMILES string of the molecule is I.NC(N)=NCCNC(=O)c1ccccc1. The van der Waals surface area contributed by atoms with E-state index in [4.69, 9.17) is 11.5 Å². The summed E-state index contributed by atoms with van der Waals surface area (Å²) in [6.07, 6.45) is 0. The van der Waals surface area contributed by atoms with Crippen molar-refractivity contribution in [2.45, 2.75) is 0 Å². The summed E-state index contributed by atoms with van der Waals surface area (Å²) < 4.78 is 0. The molecule has 0 unspecified atom stereocenters. The van der Waals surface area contributed by atoms with Crippen LogP contribution in [0.4, 0.5) is 0 Å². The van der Waals surface area contributed by atoms with E-state index in [1.807, 2.05) is 18.2 Å². The lowest BCUT2D eigenvalue weighted by molar-refractivity contribution is 0.0955. The third-order valence-corrected chi connectivity index (χ3v) is 1.73. The molecular weight excluding hydrogens is 319 g/mol. The first-order valence-electron chi connectivity index (χ1n) is 4.59. The van der Waals surface area contributed by atoms with E-state index >= 15 is 0 Å². The first-order valence-corrected chi connectivity index (χ1v) is 4.59. The van der Waals surface area contributed by atoms with E-state index in [1.165, 1.54) is 0 Å². The molecule has 0 heterocycles. The minimum absolute atomic E-state index is 0. The molecule has 0 aliphatic heterocycles. The number of rotatable bonds is 4. The molecule has 1 rings (SSSR count). The maximum Gasteiger partial charge on any atom is 0.251 e. The van der Waals surface area contributed by atoms with Crippen molar-refractivity contribution in [3.05, 3.63) is 35.9 Å². The van der Waals surface area contributed by atoms with Crippen molar-refractivity contribution in [1.29, 1.82) is 0 Å². The van der Waals surface area contributed by atoms with Crippen molar-refractivity contribution in [3.8, 4) is 0 Å². The summed E-state index contributed by atoms with van der Waals surface area (Å²) in [5, 5.41) is 2.70. The molecule has 6 heteroatoms. The highest BCUT2D eigenvalue weighted by Crippen LogP contribution is 1.96. The quantitative estimate of drug-likeness (QED) is 0.320. The van der Waals surface area contributed by atoms with Crippen LogP contribution in [-0.2, 0) is 0 Å². The van der Waals surface area contributed by atoms with E-state index < -0.39 is 0 Å². The number of nitrogens with zero attached hydrogens (tertiary/aromatic N) is 1. The highest BCUT2D eigenvalue weighted by atomic mass is 127. The number of amides is 1. The van der Waals surface area contributed by atoms with Crippen LogP contribution in [0.3, 0.4) is 0 Å². The van der Waals surface area contributed by atoms with Crippen LogP contribution >= 0.6 is 24.0 Å². The van der Waals surface area contributed by atoms with Crippen LogP contribution < -0.4 is 16.8 Å². The third-order valence-electron chi connectivity index (χ3n) is 1.73. The molecule has 0 fully saturated rings. The average molecular weight is 334 g/mol. The van der Waals surface area contributed by atoms with Crippen molar-refractivity contribution in [1.82, 2.24) is 5.32 Å². The highest BCUT2D eigenvalue weighted by Gasteiger charge is 2.01. The minimum Gasteiger partial charge on any atom is -0.370 e. The minimum atomic E-state index is -0.124. The summed E-state index contributed by atoms with van der Waals surface area (Å²) in [7, 11) is 0. The molecule has 0 radical (unpaired) electrons. The van der Waals surface area contributed by atoms with E-state index in [1.54, 1.807) is 12.1 Å². The van der Waals surface area contributed by atoms with Crippen LogP contribution in [0.2, 0.25) is 0 Å². The Balaban J connectivity index is 0.00000225. The summed E-state index contributed by atoms with van der Waals surface area (Å²) in [6.45, 7) is 0.812. The fourth-order valence-corrected chi connectivity index (χ4v) is 1.05. The Hall–Kier alpha value is -1.31. The predicted molar refractivity (Wildman–Crippen MR) is 74.9 cm³/mol. The van der Waals surface area contributed by atoms with Gasteiger partial charge in [-0.05, 0) is 12.1 Å². The second-order valence-electron chi connectivity index (χ2n) is 2.93. The largest absolute Gasteiger partial charge is 0.370 e. The Kier molecular flexibility index (Phi) is 7.27. The van der Waals surface area contributed by atoms with Crippen molar-refractivity contribution in [2.24, 2.45) is 16.5 Å². The Morgan fingerprint density at radius 1 is 1.25 bits per heavy atom. The van der Waals surface area contributed by atoms with Gasteiger partial charge in [0.2, 0.25) is 0 Å². The van der Waals surface area contributed by atoms with Gasteiger partial charge in [-0.2, -0.15) is 0 Å². The van der Waals surface area contributed by atoms with Crippen molar-refractivity contribution >= 4 is 35.8 Å². The van der Waals surface area contributed by atoms with Crippen molar-refractivity contribution in [3.63, 3.8) is 0 Å². The van der Waals surface area contributed by atoms with E-state index in [9.17, 15) is 4.79 Å². The number of hydrogen-bond acceptors (Lipinski definition) is 2. The number of nitrogens with two attached hydrogens (primary N) is 2. The van der Waals surface area contributed by atoms with Gasteiger partial charge < -0.3 is 16.8 Å². The maximum atomic E-state index is 11.5. The van der Waals surface area contributed by atoms with Crippen molar-refractivity contribution < 1.29 is 4.79 Å². The van der Waals surface area contributed by atoms with Gasteiger partial charge in [-0.3, -0.25) is 9.79 Å². The molecule has 0 aliphatic carbocycles. The topological polar surface area (TPSA) is 93.5 Å². The standard InChI is InChI=1S/C10H14N4O.HI/c11-10(12)14-7-6-13-9(15)8-4-2-1-3-5-8;/h1-5H,6-7H2,(H,13,15)(H4,11,12,14);1H. The fraction of sp³-hybridized carbons (Fsp3) is 0.200. The zero-order valence-electron chi connectivity index (χ0n) is 8.72. The molecule has 0 saturated carbocycles. The molecule has 1 aromatic rings. The lowest BCUT2D eigenvalue weighted by Crippen LogP contribution is -2.28. The molecule has 5 nitrogen and oxygen atoms in total. The summed E-state index contributed by atoms with van der Waals surface area (Å²) in [5.74, 6) is -0.0923. The molecule has 0 saturated heterocycles. The second kappa shape index (κ2) is 7.91. The molecule has 16 heavy (non-hydrogen) atoms. The van der Waals surface area contributed by atoms with Gasteiger partial charge in [-0.15, -0.1) is 24.0 Å². The van der Waals surface area contributed by atoms with Gasteiger partial charge in [0.05, 0.1) is 6.54 Å². The molecule has 88 valence electrons. The van der Waals surface area contributed by atoms with Crippen LogP contribution in [0.15, 0.2) is 35.3 Å². The van der Waals surface area contributed by atoms with Crippen LogP contribution in [0.1, 0.15) is 10.4 Å². The molecule has 1 amide bonds. The summed E-state index contributed by atoms with van der Waals surface area (Å²) >= 11 is 0. The van der Waals surface area contributed by atoms with Gasteiger partial charge in [-0.25, -0.2) is 0 Å². The lowest BCUT2D eigenvalue weighted by atomic mass is 10.2. The van der Waals surface area contributed by atoms with Gasteiger partial charge in [0, 0.05) is 12.1 Å². The molecular formula is C10H15IN4O. The van der Waals surface area contributed by atoms with Gasteiger partial charge >= 0.3 is 0 Å². The van der Waals surface area contributed by atoms with Crippen LogP contribution in [-0.4, -0.2) is 25.0 Å². The average Bonchev–Trinajstić information content (AvgIpc) is 2.25. The van der Waals surface area contributed by atoms with E-state index in [0.717, 1.165) is 0 Å². The highest BCUT2D eigenvalue weighted by molar-refractivity contribution is 14.0. The Morgan fingerprint density at radius 2 is 1.88 bits per heavy atom. The number of nitrogens with one attached hydrogen (secondary N) is 1. The molecule has 0 aliphatic rings. The molecule has 1 aromatic carbocycles. The molecule has 0 spiro atoms. The normalized spacial score (nSPS) is 8.75. The number of aliphatic imine (C=N–C) groups is 1. The zero-order valence-corrected chi connectivity index (χ0v) is 11.0. The summed E-state index contributed by atoms with van der Waals surface area (Å²) in [6, 6.07) is 8.97. The smallest absolute Gasteiger partial charge is 0.251 e. The Bertz CT molecular complexity index is 349. The number of carbonyl (C=O) groups excluding carboxylic acids is 1. The summed E-state index contributed by atoms with van der Waals surface area (Å²) in [5.41, 5.74) is 10.9. The van der Waals surface area contributed by atoms with E-state index in [2.05, 4.69) is 10.3 Å². The number of halogens is 1. The van der Waals surface area contributed by atoms with Crippen LogP contribution in [0.25, 0.3) is 0 Å². The molecule has 0 aromatic heterocycles. The number of carbonyl (C=O) groups is 1. The first kappa shape index (κ1) is 14.7. The molecule has 0 atom stereocenters. The Labute approximate surface area is 111 Å². The number of guanidine groups is 1. The molecule has 5 N–H and O–H groups in total.